The van der Waals surface area contributed by atoms with E-state index in [1.807, 2.05) is 30.3 Å². The predicted octanol–water partition coefficient (Wildman–Crippen LogP) is 2.76. The lowest BCUT2D eigenvalue weighted by Crippen LogP contribution is -2.47. The molecule has 1 aromatic heterocycles. The number of tetrazole rings is 1. The minimum atomic E-state index is -0.899. The van der Waals surface area contributed by atoms with Crippen molar-refractivity contribution in [2.45, 2.75) is 19.6 Å². The number of nitrogens with zero attached hydrogens (tertiary/aromatic N) is 4. The zero-order valence-corrected chi connectivity index (χ0v) is 18.2. The lowest BCUT2D eigenvalue weighted by molar-refractivity contribution is -0.128. The second kappa shape index (κ2) is 10.3. The Morgan fingerprint density at radius 2 is 1.68 bits per heavy atom. The predicted molar refractivity (Wildman–Crippen MR) is 121 cm³/mol. The normalized spacial score (nSPS) is 11.5. The first-order valence-electron chi connectivity index (χ1n) is 10.4. The molecule has 1 unspecified atom stereocenters. The van der Waals surface area contributed by atoms with Crippen molar-refractivity contribution < 1.29 is 18.7 Å². The van der Waals surface area contributed by atoms with Crippen LogP contribution in [0.25, 0.3) is 11.4 Å². The Morgan fingerprint density at radius 1 is 0.971 bits per heavy atom. The molecular weight excluding hydrogens is 439 g/mol. The van der Waals surface area contributed by atoms with E-state index < -0.39 is 23.7 Å². The molecule has 3 aromatic carbocycles. The second-order valence-corrected chi connectivity index (χ2v) is 7.36. The summed E-state index contributed by atoms with van der Waals surface area (Å²) in [4.78, 5) is 26.0. The summed E-state index contributed by atoms with van der Waals surface area (Å²) in [5, 5.41) is 12.5. The van der Waals surface area contributed by atoms with Crippen molar-refractivity contribution in [2.75, 3.05) is 0 Å². The number of hydrazine groups is 1. The molecule has 0 saturated heterocycles. The molecule has 0 saturated carbocycles. The van der Waals surface area contributed by atoms with Gasteiger partial charge in [0.25, 0.3) is 11.8 Å². The first-order chi connectivity index (χ1) is 16.5. The number of amides is 2. The van der Waals surface area contributed by atoms with E-state index in [4.69, 9.17) is 4.74 Å². The Bertz CT molecular complexity index is 1260. The molecular formula is C24H21FN6O3. The Kier molecular flexibility index (Phi) is 6.87. The molecule has 9 nitrogen and oxygen atoms in total. The van der Waals surface area contributed by atoms with Gasteiger partial charge >= 0.3 is 0 Å². The summed E-state index contributed by atoms with van der Waals surface area (Å²) in [7, 11) is 0. The van der Waals surface area contributed by atoms with Crippen LogP contribution in [0.4, 0.5) is 4.39 Å². The van der Waals surface area contributed by atoms with Gasteiger partial charge in [-0.15, -0.1) is 10.2 Å². The number of halogens is 1. The SMILES string of the molecule is CC(Oc1ccc(F)cc1)C(=O)NNC(=O)c1ccc(Cn2nnc(-c3ccccc3)n2)cc1. The number of nitrogens with one attached hydrogen (secondary N) is 2. The van der Waals surface area contributed by atoms with Crippen LogP contribution in [0.2, 0.25) is 0 Å². The molecule has 0 spiro atoms. The average molecular weight is 460 g/mol. The van der Waals surface area contributed by atoms with Crippen LogP contribution < -0.4 is 15.6 Å². The maximum atomic E-state index is 13.0. The second-order valence-electron chi connectivity index (χ2n) is 7.36. The zero-order chi connectivity index (χ0) is 23.9. The monoisotopic (exact) mass is 460 g/mol. The summed E-state index contributed by atoms with van der Waals surface area (Å²) in [5.41, 5.74) is 6.77. The minimum absolute atomic E-state index is 0.337. The van der Waals surface area contributed by atoms with Gasteiger partial charge in [-0.25, -0.2) is 4.39 Å². The van der Waals surface area contributed by atoms with Gasteiger partial charge in [-0.05, 0) is 54.1 Å². The number of hydrogen-bond donors (Lipinski definition) is 2. The largest absolute Gasteiger partial charge is 0.481 e. The molecule has 0 aliphatic heterocycles. The summed E-state index contributed by atoms with van der Waals surface area (Å²) in [6.07, 6.45) is -0.899. The molecule has 4 rings (SSSR count). The van der Waals surface area contributed by atoms with E-state index in [0.717, 1.165) is 11.1 Å². The minimum Gasteiger partial charge on any atom is -0.481 e. The summed E-state index contributed by atoms with van der Waals surface area (Å²) < 4.78 is 18.4. The third-order valence-electron chi connectivity index (χ3n) is 4.82. The van der Waals surface area contributed by atoms with Crippen LogP contribution in [-0.2, 0) is 11.3 Å². The lowest BCUT2D eigenvalue weighted by atomic mass is 10.1. The van der Waals surface area contributed by atoms with Gasteiger partial charge in [0.1, 0.15) is 11.6 Å². The van der Waals surface area contributed by atoms with Crippen LogP contribution in [-0.4, -0.2) is 38.1 Å². The van der Waals surface area contributed by atoms with Gasteiger partial charge in [-0.1, -0.05) is 42.5 Å². The van der Waals surface area contributed by atoms with E-state index in [1.54, 1.807) is 24.3 Å². The van der Waals surface area contributed by atoms with Gasteiger partial charge in [0.15, 0.2) is 6.10 Å². The van der Waals surface area contributed by atoms with E-state index in [0.29, 0.717) is 23.7 Å². The van der Waals surface area contributed by atoms with Crippen molar-refractivity contribution in [3.05, 3.63) is 95.8 Å². The van der Waals surface area contributed by atoms with Crippen molar-refractivity contribution >= 4 is 11.8 Å². The van der Waals surface area contributed by atoms with E-state index in [-0.39, 0.29) is 0 Å². The summed E-state index contributed by atoms with van der Waals surface area (Å²) in [6.45, 7) is 1.90. The highest BCUT2D eigenvalue weighted by molar-refractivity contribution is 5.95. The molecule has 1 atom stereocenters. The van der Waals surface area contributed by atoms with Crippen molar-refractivity contribution in [1.29, 1.82) is 0 Å². The van der Waals surface area contributed by atoms with Gasteiger partial charge in [0.05, 0.1) is 6.54 Å². The lowest BCUT2D eigenvalue weighted by Gasteiger charge is -2.15. The fraction of sp³-hybridized carbons (Fsp3) is 0.125. The Morgan fingerprint density at radius 3 is 2.38 bits per heavy atom. The quantitative estimate of drug-likeness (QED) is 0.411. The number of rotatable bonds is 7. The molecule has 0 radical (unpaired) electrons. The molecule has 2 N–H and O–H groups in total. The van der Waals surface area contributed by atoms with Crippen LogP contribution in [0, 0.1) is 5.82 Å². The maximum absolute atomic E-state index is 13.0. The van der Waals surface area contributed by atoms with Gasteiger partial charge < -0.3 is 4.74 Å². The van der Waals surface area contributed by atoms with Gasteiger partial charge in [0.2, 0.25) is 5.82 Å². The summed E-state index contributed by atoms with van der Waals surface area (Å²) in [6, 6.07) is 21.6. The average Bonchev–Trinajstić information content (AvgIpc) is 3.33. The molecule has 172 valence electrons. The van der Waals surface area contributed by atoms with Crippen LogP contribution in [0.15, 0.2) is 78.9 Å². The van der Waals surface area contributed by atoms with Crippen molar-refractivity contribution in [3.63, 3.8) is 0 Å². The number of ether oxygens (including phenoxy) is 1. The number of carbonyl (C=O) groups excluding carboxylic acids is 2. The van der Waals surface area contributed by atoms with Crippen molar-refractivity contribution in [3.8, 4) is 17.1 Å². The molecule has 4 aromatic rings. The molecule has 2 amide bonds. The van der Waals surface area contributed by atoms with E-state index in [2.05, 4.69) is 26.3 Å². The Balaban J connectivity index is 1.28. The molecule has 10 heteroatoms. The highest BCUT2D eigenvalue weighted by atomic mass is 19.1. The summed E-state index contributed by atoms with van der Waals surface area (Å²) >= 11 is 0. The standard InChI is InChI=1S/C24H21FN6O3/c1-16(34-21-13-11-20(25)12-14-21)23(32)27-28-24(33)19-9-7-17(8-10-19)15-31-29-22(26-30-31)18-5-3-2-4-6-18/h2-14,16H,15H2,1H3,(H,27,32)(H,28,33). The zero-order valence-electron chi connectivity index (χ0n) is 18.2. The Hall–Kier alpha value is -4.60. The topological polar surface area (TPSA) is 111 Å². The molecule has 1 heterocycles. The first-order valence-corrected chi connectivity index (χ1v) is 10.4. The molecule has 0 aliphatic rings. The van der Waals surface area contributed by atoms with Crippen LogP contribution >= 0.6 is 0 Å². The van der Waals surface area contributed by atoms with Gasteiger partial charge in [0, 0.05) is 11.1 Å². The fourth-order valence-electron chi connectivity index (χ4n) is 3.00. The number of aromatic nitrogens is 4. The molecule has 0 aliphatic carbocycles. The third-order valence-corrected chi connectivity index (χ3v) is 4.82. The van der Waals surface area contributed by atoms with Crippen LogP contribution in [0.3, 0.4) is 0 Å². The smallest absolute Gasteiger partial charge is 0.279 e. The number of hydrogen-bond acceptors (Lipinski definition) is 6. The number of benzene rings is 3. The third kappa shape index (κ3) is 5.80. The van der Waals surface area contributed by atoms with E-state index in [1.165, 1.54) is 36.0 Å². The highest BCUT2D eigenvalue weighted by Gasteiger charge is 2.16. The van der Waals surface area contributed by atoms with Crippen LogP contribution in [0.1, 0.15) is 22.8 Å². The molecule has 34 heavy (non-hydrogen) atoms. The number of carbonyl (C=O) groups is 2. The Labute approximate surface area is 194 Å². The van der Waals surface area contributed by atoms with Crippen molar-refractivity contribution in [1.82, 2.24) is 31.1 Å². The van der Waals surface area contributed by atoms with E-state index >= 15 is 0 Å². The van der Waals surface area contributed by atoms with Gasteiger partial charge in [-0.3, -0.25) is 20.4 Å². The summed E-state index contributed by atoms with van der Waals surface area (Å²) in [5.74, 6) is -0.578. The van der Waals surface area contributed by atoms with Crippen molar-refractivity contribution in [2.24, 2.45) is 0 Å². The van der Waals surface area contributed by atoms with E-state index in [9.17, 15) is 14.0 Å². The maximum Gasteiger partial charge on any atom is 0.279 e. The van der Waals surface area contributed by atoms with Gasteiger partial charge in [-0.2, -0.15) is 4.80 Å². The molecule has 0 fully saturated rings. The fourth-order valence-corrected chi connectivity index (χ4v) is 3.00. The first kappa shape index (κ1) is 22.6. The molecule has 0 bridgehead atoms. The highest BCUT2D eigenvalue weighted by Crippen LogP contribution is 2.14. The van der Waals surface area contributed by atoms with Crippen LogP contribution in [0.5, 0.6) is 5.75 Å².